The number of rotatable bonds is 7. The van der Waals surface area contributed by atoms with Crippen molar-refractivity contribution in [1.29, 1.82) is 0 Å². The van der Waals surface area contributed by atoms with Gasteiger partial charge < -0.3 is 9.15 Å². The van der Waals surface area contributed by atoms with E-state index in [1.807, 2.05) is 18.2 Å². The van der Waals surface area contributed by atoms with Crippen LogP contribution in [0.4, 0.5) is 0 Å². The minimum atomic E-state index is 0.384. The molecule has 3 nitrogen and oxygen atoms in total. The van der Waals surface area contributed by atoms with E-state index in [2.05, 4.69) is 18.8 Å². The molecule has 1 unspecified atom stereocenters. The van der Waals surface area contributed by atoms with Crippen molar-refractivity contribution >= 4 is 11.1 Å². The molecular weight excluding hydrogens is 238 g/mol. The van der Waals surface area contributed by atoms with E-state index in [0.29, 0.717) is 5.92 Å². The Morgan fingerprint density at radius 3 is 2.84 bits per heavy atom. The van der Waals surface area contributed by atoms with Crippen LogP contribution in [0.15, 0.2) is 22.6 Å². The number of methoxy groups -OCH3 is 1. The van der Waals surface area contributed by atoms with E-state index in [1.54, 1.807) is 7.11 Å². The number of benzene rings is 1. The Kier molecular flexibility index (Phi) is 4.83. The lowest BCUT2D eigenvalue weighted by molar-refractivity contribution is 0.415. The van der Waals surface area contributed by atoms with Crippen LogP contribution in [0.3, 0.4) is 0 Å². The lowest BCUT2D eigenvalue weighted by atomic mass is 10.0. The third-order valence-corrected chi connectivity index (χ3v) is 3.52. The van der Waals surface area contributed by atoms with Gasteiger partial charge in [-0.15, -0.1) is 0 Å². The first-order chi connectivity index (χ1) is 9.24. The summed E-state index contributed by atoms with van der Waals surface area (Å²) in [7, 11) is 1.67. The van der Waals surface area contributed by atoms with Crippen molar-refractivity contribution in [3.8, 4) is 5.75 Å². The highest BCUT2D eigenvalue weighted by molar-refractivity contribution is 5.74. The van der Waals surface area contributed by atoms with E-state index in [-0.39, 0.29) is 0 Å². The predicted octanol–water partition coefficient (Wildman–Crippen LogP) is 4.91. The number of oxazole rings is 1. The standard InChI is InChI=1S/C16H23NO2/c1-4-5-6-7-8-12(2)16-17-14-11-13(18-3)9-10-15(14)19-16/h9-12H,4-8H2,1-3H3. The van der Waals surface area contributed by atoms with Crippen LogP contribution >= 0.6 is 0 Å². The minimum absolute atomic E-state index is 0.384. The van der Waals surface area contributed by atoms with Crippen LogP contribution in [0.25, 0.3) is 11.1 Å². The van der Waals surface area contributed by atoms with Gasteiger partial charge in [0.25, 0.3) is 0 Å². The first kappa shape index (κ1) is 13.9. The summed E-state index contributed by atoms with van der Waals surface area (Å²) in [6.45, 7) is 4.42. The van der Waals surface area contributed by atoms with Crippen molar-refractivity contribution in [2.75, 3.05) is 7.11 Å². The van der Waals surface area contributed by atoms with Crippen LogP contribution in [0.1, 0.15) is 57.8 Å². The highest BCUT2D eigenvalue weighted by Crippen LogP contribution is 2.27. The first-order valence-electron chi connectivity index (χ1n) is 7.19. The van der Waals surface area contributed by atoms with Crippen LogP contribution in [-0.4, -0.2) is 12.1 Å². The highest BCUT2D eigenvalue weighted by atomic mass is 16.5. The van der Waals surface area contributed by atoms with Crippen molar-refractivity contribution in [1.82, 2.24) is 4.98 Å². The summed E-state index contributed by atoms with van der Waals surface area (Å²) >= 11 is 0. The van der Waals surface area contributed by atoms with E-state index < -0.39 is 0 Å². The Morgan fingerprint density at radius 2 is 2.11 bits per heavy atom. The fourth-order valence-corrected chi connectivity index (χ4v) is 2.26. The molecule has 104 valence electrons. The van der Waals surface area contributed by atoms with E-state index in [9.17, 15) is 0 Å². The Bertz CT molecular complexity index is 518. The van der Waals surface area contributed by atoms with Crippen LogP contribution < -0.4 is 4.74 Å². The minimum Gasteiger partial charge on any atom is -0.497 e. The van der Waals surface area contributed by atoms with E-state index >= 15 is 0 Å². The third-order valence-electron chi connectivity index (χ3n) is 3.52. The Balaban J connectivity index is 2.03. The topological polar surface area (TPSA) is 35.3 Å². The first-order valence-corrected chi connectivity index (χ1v) is 7.19. The summed E-state index contributed by atoms with van der Waals surface area (Å²) in [5.41, 5.74) is 1.73. The number of ether oxygens (including phenoxy) is 1. The maximum Gasteiger partial charge on any atom is 0.198 e. The van der Waals surface area contributed by atoms with Crippen molar-refractivity contribution in [2.24, 2.45) is 0 Å². The molecule has 3 heteroatoms. The number of hydrogen-bond acceptors (Lipinski definition) is 3. The molecule has 2 aromatic rings. The van der Waals surface area contributed by atoms with Gasteiger partial charge in [0.2, 0.25) is 0 Å². The molecule has 0 amide bonds. The molecular formula is C16H23NO2. The van der Waals surface area contributed by atoms with Gasteiger partial charge in [0.15, 0.2) is 11.5 Å². The molecule has 1 aromatic heterocycles. The zero-order valence-electron chi connectivity index (χ0n) is 12.1. The molecule has 2 rings (SSSR count). The zero-order chi connectivity index (χ0) is 13.7. The van der Waals surface area contributed by atoms with Gasteiger partial charge in [0, 0.05) is 12.0 Å². The Hall–Kier alpha value is -1.51. The molecule has 0 saturated carbocycles. The molecule has 0 aliphatic rings. The van der Waals surface area contributed by atoms with E-state index in [4.69, 9.17) is 9.15 Å². The summed E-state index contributed by atoms with van der Waals surface area (Å²) in [6, 6.07) is 5.75. The van der Waals surface area contributed by atoms with Gasteiger partial charge in [0.05, 0.1) is 7.11 Å². The average Bonchev–Trinajstić information content (AvgIpc) is 2.86. The molecule has 0 fully saturated rings. The molecule has 0 saturated heterocycles. The number of nitrogens with zero attached hydrogens (tertiary/aromatic N) is 1. The van der Waals surface area contributed by atoms with Crippen LogP contribution in [0.5, 0.6) is 5.75 Å². The second-order valence-corrected chi connectivity index (χ2v) is 5.14. The van der Waals surface area contributed by atoms with Crippen LogP contribution in [0.2, 0.25) is 0 Å². The van der Waals surface area contributed by atoms with Crippen molar-refractivity contribution in [3.63, 3.8) is 0 Å². The summed E-state index contributed by atoms with van der Waals surface area (Å²) in [5.74, 6) is 2.05. The second kappa shape index (κ2) is 6.60. The number of fused-ring (bicyclic) bond motifs is 1. The Morgan fingerprint density at radius 1 is 1.26 bits per heavy atom. The van der Waals surface area contributed by atoms with Gasteiger partial charge in [0.1, 0.15) is 11.3 Å². The van der Waals surface area contributed by atoms with Crippen molar-refractivity contribution in [3.05, 3.63) is 24.1 Å². The number of unbranched alkanes of at least 4 members (excludes halogenated alkanes) is 3. The number of aromatic nitrogens is 1. The fraction of sp³-hybridized carbons (Fsp3) is 0.562. The van der Waals surface area contributed by atoms with Gasteiger partial charge in [-0.2, -0.15) is 0 Å². The summed E-state index contributed by atoms with van der Waals surface area (Å²) in [4.78, 5) is 4.57. The SMILES string of the molecule is CCCCCCC(C)c1nc2cc(OC)ccc2o1. The van der Waals surface area contributed by atoms with Gasteiger partial charge >= 0.3 is 0 Å². The average molecular weight is 261 g/mol. The highest BCUT2D eigenvalue weighted by Gasteiger charge is 2.13. The largest absolute Gasteiger partial charge is 0.497 e. The monoisotopic (exact) mass is 261 g/mol. The predicted molar refractivity (Wildman–Crippen MR) is 77.7 cm³/mol. The lowest BCUT2D eigenvalue weighted by Crippen LogP contribution is -1.93. The molecule has 0 radical (unpaired) electrons. The Labute approximate surface area is 115 Å². The number of hydrogen-bond donors (Lipinski definition) is 0. The molecule has 0 bridgehead atoms. The van der Waals surface area contributed by atoms with Gasteiger partial charge in [-0.25, -0.2) is 4.98 Å². The molecule has 1 atom stereocenters. The summed E-state index contributed by atoms with van der Waals surface area (Å²) in [6.07, 6.45) is 6.28. The van der Waals surface area contributed by atoms with Gasteiger partial charge in [-0.3, -0.25) is 0 Å². The smallest absolute Gasteiger partial charge is 0.198 e. The van der Waals surface area contributed by atoms with Crippen LogP contribution in [-0.2, 0) is 0 Å². The van der Waals surface area contributed by atoms with Gasteiger partial charge in [-0.1, -0.05) is 39.5 Å². The molecule has 1 aromatic carbocycles. The van der Waals surface area contributed by atoms with E-state index in [1.165, 1.54) is 25.7 Å². The molecule has 0 spiro atoms. The fourth-order valence-electron chi connectivity index (χ4n) is 2.26. The maximum absolute atomic E-state index is 5.82. The summed E-state index contributed by atoms with van der Waals surface area (Å²) in [5, 5.41) is 0. The molecule has 1 heterocycles. The van der Waals surface area contributed by atoms with Crippen LogP contribution in [0, 0.1) is 0 Å². The normalized spacial score (nSPS) is 12.8. The quantitative estimate of drug-likeness (QED) is 0.664. The molecule has 19 heavy (non-hydrogen) atoms. The third kappa shape index (κ3) is 3.49. The molecule has 0 N–H and O–H groups in total. The van der Waals surface area contributed by atoms with E-state index in [0.717, 1.165) is 29.2 Å². The second-order valence-electron chi connectivity index (χ2n) is 5.14. The zero-order valence-corrected chi connectivity index (χ0v) is 12.1. The molecule has 0 aliphatic carbocycles. The van der Waals surface area contributed by atoms with Crippen molar-refractivity contribution < 1.29 is 9.15 Å². The summed E-state index contributed by atoms with van der Waals surface area (Å²) < 4.78 is 11.0. The van der Waals surface area contributed by atoms with Crippen molar-refractivity contribution in [2.45, 2.75) is 51.9 Å². The molecule has 0 aliphatic heterocycles. The maximum atomic E-state index is 5.82. The lowest BCUT2D eigenvalue weighted by Gasteiger charge is -2.05. The van der Waals surface area contributed by atoms with Gasteiger partial charge in [-0.05, 0) is 18.6 Å².